The van der Waals surface area contributed by atoms with E-state index in [4.69, 9.17) is 23.2 Å². The third-order valence-electron chi connectivity index (χ3n) is 3.85. The molecule has 3 aromatic rings. The van der Waals surface area contributed by atoms with Gasteiger partial charge in [0.25, 0.3) is 11.6 Å². The van der Waals surface area contributed by atoms with Crippen molar-refractivity contribution in [3.8, 4) is 5.75 Å². The molecule has 3 rings (SSSR count). The van der Waals surface area contributed by atoms with Gasteiger partial charge in [0.15, 0.2) is 0 Å². The lowest BCUT2D eigenvalue weighted by Gasteiger charge is -2.07. The second-order valence-electron chi connectivity index (χ2n) is 5.89. The summed E-state index contributed by atoms with van der Waals surface area (Å²) in [5, 5.41) is 24.1. The molecule has 9 heteroatoms. The Morgan fingerprint density at radius 3 is 2.62 bits per heavy atom. The molecule has 0 fully saturated rings. The molecule has 2 N–H and O–H groups in total. The Hall–Kier alpha value is -3.42. The minimum atomic E-state index is -0.561. The first-order chi connectivity index (χ1) is 13.8. The van der Waals surface area contributed by atoms with Gasteiger partial charge in [-0.15, -0.1) is 0 Å². The summed E-state index contributed by atoms with van der Waals surface area (Å²) in [4.78, 5) is 26.9. The minimum absolute atomic E-state index is 0.138. The highest BCUT2D eigenvalue weighted by molar-refractivity contribution is 6.37. The van der Waals surface area contributed by atoms with Crippen LogP contribution >= 0.6 is 23.2 Å². The number of non-ortho nitro benzene ring substituents is 1. The average molecular weight is 430 g/mol. The molecule has 0 aliphatic heterocycles. The fourth-order valence-corrected chi connectivity index (χ4v) is 2.93. The molecule has 0 spiro atoms. The molecule has 0 saturated carbocycles. The molecule has 3 aromatic carbocycles. The monoisotopic (exact) mass is 429 g/mol. The van der Waals surface area contributed by atoms with Crippen molar-refractivity contribution in [3.63, 3.8) is 0 Å². The summed E-state index contributed by atoms with van der Waals surface area (Å²) < 4.78 is 0. The van der Waals surface area contributed by atoms with Gasteiger partial charge in [0, 0.05) is 34.6 Å². The molecule has 0 bridgehead atoms. The summed E-state index contributed by atoms with van der Waals surface area (Å²) in [7, 11) is 0. The van der Waals surface area contributed by atoms with Gasteiger partial charge in [-0.3, -0.25) is 19.9 Å². The van der Waals surface area contributed by atoms with Gasteiger partial charge in [0.05, 0.1) is 21.2 Å². The van der Waals surface area contributed by atoms with Crippen LogP contribution in [0, 0.1) is 10.1 Å². The van der Waals surface area contributed by atoms with E-state index in [0.29, 0.717) is 16.4 Å². The Labute approximate surface area is 175 Å². The number of nitro benzene ring substituents is 1. The highest BCUT2D eigenvalue weighted by Crippen LogP contribution is 2.25. The number of benzene rings is 3. The number of nitro groups is 1. The van der Waals surface area contributed by atoms with Crippen LogP contribution < -0.4 is 5.32 Å². The van der Waals surface area contributed by atoms with Crippen molar-refractivity contribution in [3.05, 3.63) is 92.0 Å². The number of nitrogens with one attached hydrogen (secondary N) is 1. The first kappa shape index (κ1) is 20.3. The number of rotatable bonds is 5. The zero-order valence-electron chi connectivity index (χ0n) is 14.7. The maximum atomic E-state index is 12.4. The van der Waals surface area contributed by atoms with Gasteiger partial charge < -0.3 is 10.4 Å². The Bertz CT molecular complexity index is 1130. The van der Waals surface area contributed by atoms with Gasteiger partial charge in [0.2, 0.25) is 0 Å². The molecule has 29 heavy (non-hydrogen) atoms. The lowest BCUT2D eigenvalue weighted by Crippen LogP contribution is -2.12. The van der Waals surface area contributed by atoms with Crippen LogP contribution in [0.1, 0.15) is 15.9 Å². The van der Waals surface area contributed by atoms with Crippen molar-refractivity contribution in [2.24, 2.45) is 4.99 Å². The number of anilines is 1. The van der Waals surface area contributed by atoms with Crippen LogP contribution in [0.2, 0.25) is 10.0 Å². The molecule has 0 aromatic heterocycles. The Morgan fingerprint density at radius 1 is 1.10 bits per heavy atom. The zero-order chi connectivity index (χ0) is 21.0. The van der Waals surface area contributed by atoms with Gasteiger partial charge in [-0.05, 0) is 42.5 Å². The number of aromatic hydroxyl groups is 1. The SMILES string of the molecule is O=C(Nc1cccc(/N=C/c2cc([N+](=O)[O-])ccc2O)c1)c1ccc(Cl)cc1Cl. The molecule has 0 saturated heterocycles. The lowest BCUT2D eigenvalue weighted by atomic mass is 10.2. The Morgan fingerprint density at radius 2 is 1.90 bits per heavy atom. The third-order valence-corrected chi connectivity index (χ3v) is 4.40. The standard InChI is InChI=1S/C20H13Cl2N3O4/c21-13-4-6-17(18(22)9-13)20(27)24-15-3-1-2-14(10-15)23-11-12-8-16(25(28)29)5-7-19(12)26/h1-11,26H,(H,24,27)/b23-11+. The largest absolute Gasteiger partial charge is 0.507 e. The van der Waals surface area contributed by atoms with E-state index in [9.17, 15) is 20.0 Å². The molecule has 0 radical (unpaired) electrons. The van der Waals surface area contributed by atoms with Gasteiger partial charge in [-0.1, -0.05) is 29.3 Å². The summed E-state index contributed by atoms with van der Waals surface area (Å²) in [5.74, 6) is -0.551. The molecular formula is C20H13Cl2N3O4. The first-order valence-corrected chi connectivity index (χ1v) is 8.97. The van der Waals surface area contributed by atoms with E-state index in [1.165, 1.54) is 36.5 Å². The van der Waals surface area contributed by atoms with E-state index in [1.807, 2.05) is 0 Å². The van der Waals surface area contributed by atoms with E-state index in [0.717, 1.165) is 0 Å². The number of halogens is 2. The quantitative estimate of drug-likeness (QED) is 0.312. The average Bonchev–Trinajstić information content (AvgIpc) is 2.67. The molecule has 0 aliphatic carbocycles. The Balaban J connectivity index is 1.79. The van der Waals surface area contributed by atoms with Crippen LogP contribution in [0.5, 0.6) is 5.75 Å². The van der Waals surface area contributed by atoms with Crippen LogP contribution in [-0.2, 0) is 0 Å². The van der Waals surface area contributed by atoms with E-state index in [1.54, 1.807) is 30.3 Å². The summed E-state index contributed by atoms with van der Waals surface area (Å²) in [5.41, 5.74) is 1.24. The van der Waals surface area contributed by atoms with Crippen LogP contribution in [-0.4, -0.2) is 22.2 Å². The number of phenols is 1. The summed E-state index contributed by atoms with van der Waals surface area (Å²) >= 11 is 11.9. The van der Waals surface area contributed by atoms with Crippen molar-refractivity contribution >= 4 is 52.4 Å². The lowest BCUT2D eigenvalue weighted by molar-refractivity contribution is -0.384. The van der Waals surface area contributed by atoms with Gasteiger partial charge in [-0.25, -0.2) is 0 Å². The van der Waals surface area contributed by atoms with Crippen molar-refractivity contribution in [1.82, 2.24) is 0 Å². The first-order valence-electron chi connectivity index (χ1n) is 8.21. The van der Waals surface area contributed by atoms with Crippen molar-refractivity contribution in [2.75, 3.05) is 5.32 Å². The van der Waals surface area contributed by atoms with Gasteiger partial charge >= 0.3 is 0 Å². The van der Waals surface area contributed by atoms with E-state index >= 15 is 0 Å². The highest BCUT2D eigenvalue weighted by Gasteiger charge is 2.11. The normalized spacial score (nSPS) is 10.8. The minimum Gasteiger partial charge on any atom is -0.507 e. The van der Waals surface area contributed by atoms with Crippen molar-refractivity contribution in [1.29, 1.82) is 0 Å². The van der Waals surface area contributed by atoms with E-state index in [-0.39, 0.29) is 27.6 Å². The number of hydrogen-bond donors (Lipinski definition) is 2. The van der Waals surface area contributed by atoms with Crippen LogP contribution in [0.4, 0.5) is 17.1 Å². The molecule has 0 unspecified atom stereocenters. The summed E-state index contributed by atoms with van der Waals surface area (Å²) in [6.07, 6.45) is 1.30. The predicted octanol–water partition coefficient (Wildman–Crippen LogP) is 5.61. The van der Waals surface area contributed by atoms with Crippen molar-refractivity contribution < 1.29 is 14.8 Å². The fourth-order valence-electron chi connectivity index (χ4n) is 2.44. The van der Waals surface area contributed by atoms with E-state index in [2.05, 4.69) is 10.3 Å². The topological polar surface area (TPSA) is 105 Å². The fraction of sp³-hybridized carbons (Fsp3) is 0. The molecule has 1 amide bonds. The van der Waals surface area contributed by atoms with Crippen LogP contribution in [0.3, 0.4) is 0 Å². The number of carbonyl (C=O) groups is 1. The maximum Gasteiger partial charge on any atom is 0.270 e. The zero-order valence-corrected chi connectivity index (χ0v) is 16.2. The number of amides is 1. The molecule has 7 nitrogen and oxygen atoms in total. The maximum absolute atomic E-state index is 12.4. The molecular weight excluding hydrogens is 417 g/mol. The number of phenolic OH excluding ortho intramolecular Hbond substituents is 1. The second-order valence-corrected chi connectivity index (χ2v) is 6.73. The van der Waals surface area contributed by atoms with Gasteiger partial charge in [0.1, 0.15) is 5.75 Å². The summed E-state index contributed by atoms with van der Waals surface area (Å²) in [6.45, 7) is 0. The number of carbonyl (C=O) groups excluding carboxylic acids is 1. The van der Waals surface area contributed by atoms with Gasteiger partial charge in [-0.2, -0.15) is 0 Å². The number of aliphatic imine (C=N–C) groups is 1. The molecule has 0 heterocycles. The Kier molecular flexibility index (Phi) is 6.11. The second kappa shape index (κ2) is 8.72. The molecule has 146 valence electrons. The van der Waals surface area contributed by atoms with E-state index < -0.39 is 10.8 Å². The van der Waals surface area contributed by atoms with Crippen molar-refractivity contribution in [2.45, 2.75) is 0 Å². The third kappa shape index (κ3) is 5.10. The number of nitrogens with zero attached hydrogens (tertiary/aromatic N) is 2. The van der Waals surface area contributed by atoms with Crippen LogP contribution in [0.15, 0.2) is 65.7 Å². The highest BCUT2D eigenvalue weighted by atomic mass is 35.5. The van der Waals surface area contributed by atoms with Crippen LogP contribution in [0.25, 0.3) is 0 Å². The summed E-state index contributed by atoms with van der Waals surface area (Å²) in [6, 6.07) is 14.8. The predicted molar refractivity (Wildman–Crippen MR) is 113 cm³/mol. The molecule has 0 atom stereocenters. The number of hydrogen-bond acceptors (Lipinski definition) is 5. The smallest absolute Gasteiger partial charge is 0.270 e. The molecule has 0 aliphatic rings.